The number of carbonyl (C=O) groups excluding carboxylic acids is 2. The molecule has 0 fully saturated rings. The lowest BCUT2D eigenvalue weighted by molar-refractivity contribution is -0.125. The van der Waals surface area contributed by atoms with Crippen LogP contribution in [0.25, 0.3) is 0 Å². The van der Waals surface area contributed by atoms with Gasteiger partial charge in [0, 0.05) is 32.1 Å². The van der Waals surface area contributed by atoms with Crippen molar-refractivity contribution in [2.24, 2.45) is 5.73 Å². The van der Waals surface area contributed by atoms with Gasteiger partial charge in [-0.3, -0.25) is 9.69 Å². The number of halogens is 1. The van der Waals surface area contributed by atoms with Crippen LogP contribution in [-0.4, -0.2) is 29.9 Å². The maximum Gasteiger partial charge on any atom is 0.324 e. The number of benzene rings is 1. The number of hydrogen-bond acceptors (Lipinski definition) is 3. The molecule has 0 heterocycles. The smallest absolute Gasteiger partial charge is 0.324 e. The molecule has 0 radical (unpaired) electrons. The Labute approximate surface area is 105 Å². The molecular weight excluding hydrogens is 237 g/mol. The first kappa shape index (κ1) is 14.1. The van der Waals surface area contributed by atoms with E-state index in [0.717, 1.165) is 4.90 Å². The van der Waals surface area contributed by atoms with Crippen LogP contribution in [0, 0.1) is 5.82 Å². The van der Waals surface area contributed by atoms with Gasteiger partial charge < -0.3 is 11.1 Å². The molecule has 0 bridgehead atoms. The van der Waals surface area contributed by atoms with E-state index < -0.39 is 17.8 Å². The zero-order valence-corrected chi connectivity index (χ0v) is 10.1. The molecule has 0 spiro atoms. The number of hydrogen-bond donors (Lipinski definition) is 2. The highest BCUT2D eigenvalue weighted by molar-refractivity contribution is 5.93. The minimum absolute atomic E-state index is 0.0276. The average Bonchev–Trinajstić information content (AvgIpc) is 2.34. The minimum atomic E-state index is -0.573. The van der Waals surface area contributed by atoms with Crippen LogP contribution in [0.5, 0.6) is 0 Å². The van der Waals surface area contributed by atoms with Crippen molar-refractivity contribution in [3.63, 3.8) is 0 Å². The standard InChI is InChI=1S/C12H16FN3O2/c1-9(17)16(7-6-14)12(18)15-8-10-4-2-3-5-11(10)13/h2-5H,6-8,14H2,1H3,(H,15,18). The Morgan fingerprint density at radius 1 is 1.39 bits per heavy atom. The van der Waals surface area contributed by atoms with Crippen LogP contribution >= 0.6 is 0 Å². The first-order chi connectivity index (χ1) is 8.56. The average molecular weight is 253 g/mol. The first-order valence-electron chi connectivity index (χ1n) is 5.55. The number of nitrogens with one attached hydrogen (secondary N) is 1. The summed E-state index contributed by atoms with van der Waals surface area (Å²) in [5.74, 6) is -0.794. The van der Waals surface area contributed by atoms with Crippen LogP contribution in [0.1, 0.15) is 12.5 Å². The van der Waals surface area contributed by atoms with Crippen molar-refractivity contribution < 1.29 is 14.0 Å². The van der Waals surface area contributed by atoms with Gasteiger partial charge in [0.15, 0.2) is 0 Å². The van der Waals surface area contributed by atoms with Gasteiger partial charge in [0.1, 0.15) is 5.82 Å². The van der Waals surface area contributed by atoms with Crippen molar-refractivity contribution in [2.45, 2.75) is 13.5 Å². The number of nitrogens with two attached hydrogens (primary N) is 1. The fourth-order valence-electron chi connectivity index (χ4n) is 1.44. The van der Waals surface area contributed by atoms with E-state index in [4.69, 9.17) is 5.73 Å². The molecule has 0 aromatic heterocycles. The van der Waals surface area contributed by atoms with Crippen molar-refractivity contribution >= 4 is 11.9 Å². The van der Waals surface area contributed by atoms with E-state index in [9.17, 15) is 14.0 Å². The quantitative estimate of drug-likeness (QED) is 0.835. The van der Waals surface area contributed by atoms with Gasteiger partial charge in [-0.2, -0.15) is 0 Å². The summed E-state index contributed by atoms with van der Waals surface area (Å²) in [5.41, 5.74) is 5.67. The summed E-state index contributed by atoms with van der Waals surface area (Å²) >= 11 is 0. The molecule has 3 amide bonds. The monoisotopic (exact) mass is 253 g/mol. The van der Waals surface area contributed by atoms with Crippen LogP contribution < -0.4 is 11.1 Å². The lowest BCUT2D eigenvalue weighted by Gasteiger charge is -2.18. The molecule has 5 nitrogen and oxygen atoms in total. The molecule has 0 unspecified atom stereocenters. The molecule has 0 aliphatic heterocycles. The van der Waals surface area contributed by atoms with Gasteiger partial charge in [-0.05, 0) is 6.07 Å². The Morgan fingerprint density at radius 3 is 2.61 bits per heavy atom. The number of rotatable bonds is 4. The van der Waals surface area contributed by atoms with Gasteiger partial charge in [0.2, 0.25) is 5.91 Å². The fraction of sp³-hybridized carbons (Fsp3) is 0.333. The number of imide groups is 1. The second-order valence-electron chi connectivity index (χ2n) is 3.71. The molecular formula is C12H16FN3O2. The van der Waals surface area contributed by atoms with E-state index in [1.807, 2.05) is 0 Å². The molecule has 0 atom stereocenters. The lowest BCUT2D eigenvalue weighted by Crippen LogP contribution is -2.44. The predicted octanol–water partition coefficient (Wildman–Crippen LogP) is 0.842. The summed E-state index contributed by atoms with van der Waals surface area (Å²) in [6.45, 7) is 1.63. The van der Waals surface area contributed by atoms with Gasteiger partial charge in [0.25, 0.3) is 0 Å². The number of nitrogens with zero attached hydrogens (tertiary/aromatic N) is 1. The van der Waals surface area contributed by atoms with Crippen LogP contribution in [0.2, 0.25) is 0 Å². The summed E-state index contributed by atoms with van der Waals surface area (Å²) in [6, 6.07) is 5.54. The summed E-state index contributed by atoms with van der Waals surface area (Å²) in [7, 11) is 0. The zero-order valence-electron chi connectivity index (χ0n) is 10.1. The lowest BCUT2D eigenvalue weighted by atomic mass is 10.2. The molecule has 98 valence electrons. The molecule has 1 rings (SSSR count). The third kappa shape index (κ3) is 3.81. The van der Waals surface area contributed by atoms with E-state index in [-0.39, 0.29) is 19.6 Å². The van der Waals surface area contributed by atoms with Crippen LogP contribution in [-0.2, 0) is 11.3 Å². The number of urea groups is 1. The highest BCUT2D eigenvalue weighted by Gasteiger charge is 2.16. The predicted molar refractivity (Wildman–Crippen MR) is 65.1 cm³/mol. The van der Waals surface area contributed by atoms with Crippen LogP contribution in [0.4, 0.5) is 9.18 Å². The van der Waals surface area contributed by atoms with E-state index in [1.54, 1.807) is 18.2 Å². The maximum atomic E-state index is 13.3. The van der Waals surface area contributed by atoms with Crippen molar-refractivity contribution in [2.75, 3.05) is 13.1 Å². The Kier molecular flexibility index (Phi) is 5.26. The highest BCUT2D eigenvalue weighted by Crippen LogP contribution is 2.05. The fourth-order valence-corrected chi connectivity index (χ4v) is 1.44. The largest absolute Gasteiger partial charge is 0.333 e. The van der Waals surface area contributed by atoms with E-state index >= 15 is 0 Å². The van der Waals surface area contributed by atoms with Crippen LogP contribution in [0.3, 0.4) is 0 Å². The van der Waals surface area contributed by atoms with E-state index in [2.05, 4.69) is 5.32 Å². The summed E-state index contributed by atoms with van der Waals surface area (Å²) in [6.07, 6.45) is 0. The molecule has 0 aliphatic rings. The Morgan fingerprint density at radius 2 is 2.06 bits per heavy atom. The van der Waals surface area contributed by atoms with E-state index in [1.165, 1.54) is 13.0 Å². The van der Waals surface area contributed by atoms with E-state index in [0.29, 0.717) is 5.56 Å². The summed E-state index contributed by atoms with van der Waals surface area (Å²) in [4.78, 5) is 23.9. The molecule has 18 heavy (non-hydrogen) atoms. The second-order valence-corrected chi connectivity index (χ2v) is 3.71. The minimum Gasteiger partial charge on any atom is -0.333 e. The maximum absolute atomic E-state index is 13.3. The van der Waals surface area contributed by atoms with Gasteiger partial charge in [-0.15, -0.1) is 0 Å². The number of amides is 3. The van der Waals surface area contributed by atoms with Crippen molar-refractivity contribution in [1.29, 1.82) is 0 Å². The van der Waals surface area contributed by atoms with Crippen LogP contribution in [0.15, 0.2) is 24.3 Å². The summed E-state index contributed by atoms with van der Waals surface area (Å²) in [5, 5.41) is 2.48. The Hall–Kier alpha value is -1.95. The normalized spacial score (nSPS) is 9.94. The van der Waals surface area contributed by atoms with Gasteiger partial charge in [-0.1, -0.05) is 18.2 Å². The highest BCUT2D eigenvalue weighted by atomic mass is 19.1. The second kappa shape index (κ2) is 6.70. The van der Waals surface area contributed by atoms with Crippen molar-refractivity contribution in [3.05, 3.63) is 35.6 Å². The molecule has 3 N–H and O–H groups in total. The van der Waals surface area contributed by atoms with Crippen molar-refractivity contribution in [3.8, 4) is 0 Å². The Balaban J connectivity index is 2.60. The Bertz CT molecular complexity index is 437. The molecule has 1 aromatic carbocycles. The molecule has 0 saturated carbocycles. The number of carbonyl (C=O) groups is 2. The topological polar surface area (TPSA) is 75.4 Å². The van der Waals surface area contributed by atoms with Crippen molar-refractivity contribution in [1.82, 2.24) is 10.2 Å². The third-order valence-corrected chi connectivity index (χ3v) is 2.37. The van der Waals surface area contributed by atoms with Gasteiger partial charge in [0.05, 0.1) is 0 Å². The van der Waals surface area contributed by atoms with Gasteiger partial charge >= 0.3 is 6.03 Å². The molecule has 0 aliphatic carbocycles. The molecule has 0 saturated heterocycles. The molecule has 1 aromatic rings. The van der Waals surface area contributed by atoms with Gasteiger partial charge in [-0.25, -0.2) is 9.18 Å². The summed E-state index contributed by atoms with van der Waals surface area (Å²) < 4.78 is 13.3. The first-order valence-corrected chi connectivity index (χ1v) is 5.55. The third-order valence-electron chi connectivity index (χ3n) is 2.37. The SMILES string of the molecule is CC(=O)N(CCN)C(=O)NCc1ccccc1F. The molecule has 6 heteroatoms. The zero-order chi connectivity index (χ0) is 13.5.